The van der Waals surface area contributed by atoms with Crippen LogP contribution in [0.25, 0.3) is 22.4 Å². The van der Waals surface area contributed by atoms with Crippen LogP contribution in [0.4, 0.5) is 5.82 Å². The molecule has 3 N–H and O–H groups in total. The molecule has 0 aliphatic carbocycles. The minimum absolute atomic E-state index is 0.118. The SMILES string of the molecule is Nc1nc2ccccc2n2c(=O)n(-c3ccc(O)cc3)nc12. The molecule has 0 unspecified atom stereocenters. The Labute approximate surface area is 123 Å². The number of aromatic hydroxyl groups is 1. The fourth-order valence-corrected chi connectivity index (χ4v) is 2.44. The fraction of sp³-hybridized carbons (Fsp3) is 0. The van der Waals surface area contributed by atoms with E-state index >= 15 is 0 Å². The number of para-hydroxylation sites is 2. The van der Waals surface area contributed by atoms with Crippen LogP contribution in [-0.4, -0.2) is 24.3 Å². The summed E-state index contributed by atoms with van der Waals surface area (Å²) in [7, 11) is 0. The molecule has 0 spiro atoms. The second kappa shape index (κ2) is 4.32. The topological polar surface area (TPSA) is 98.4 Å². The maximum atomic E-state index is 12.7. The highest BCUT2D eigenvalue weighted by atomic mass is 16.3. The van der Waals surface area contributed by atoms with Gasteiger partial charge >= 0.3 is 5.69 Å². The number of phenolic OH excluding ortho intramolecular Hbond substituents is 1. The lowest BCUT2D eigenvalue weighted by atomic mass is 10.3. The summed E-state index contributed by atoms with van der Waals surface area (Å²) < 4.78 is 2.67. The van der Waals surface area contributed by atoms with Crippen LogP contribution in [0.1, 0.15) is 0 Å². The van der Waals surface area contributed by atoms with Crippen LogP contribution in [-0.2, 0) is 0 Å². The molecule has 0 aliphatic rings. The molecule has 2 aromatic carbocycles. The van der Waals surface area contributed by atoms with Crippen LogP contribution in [0, 0.1) is 0 Å². The molecule has 7 heteroatoms. The molecule has 2 aromatic heterocycles. The van der Waals surface area contributed by atoms with E-state index in [1.165, 1.54) is 21.2 Å². The zero-order valence-corrected chi connectivity index (χ0v) is 11.3. The van der Waals surface area contributed by atoms with Crippen LogP contribution in [0.3, 0.4) is 0 Å². The number of nitrogens with zero attached hydrogens (tertiary/aromatic N) is 4. The van der Waals surface area contributed by atoms with E-state index in [1.54, 1.807) is 24.3 Å². The highest BCUT2D eigenvalue weighted by molar-refractivity contribution is 5.81. The number of benzene rings is 2. The van der Waals surface area contributed by atoms with Gasteiger partial charge in [-0.3, -0.25) is 0 Å². The van der Waals surface area contributed by atoms with E-state index in [0.29, 0.717) is 22.4 Å². The summed E-state index contributed by atoms with van der Waals surface area (Å²) in [4.78, 5) is 17.0. The Kier molecular flexibility index (Phi) is 2.43. The molecule has 0 saturated carbocycles. The van der Waals surface area contributed by atoms with Crippen molar-refractivity contribution in [3.05, 3.63) is 59.0 Å². The number of fused-ring (bicyclic) bond motifs is 3. The van der Waals surface area contributed by atoms with Gasteiger partial charge in [0.15, 0.2) is 5.82 Å². The third-order valence-corrected chi connectivity index (χ3v) is 3.47. The number of rotatable bonds is 1. The van der Waals surface area contributed by atoms with Gasteiger partial charge in [0.05, 0.1) is 16.7 Å². The summed E-state index contributed by atoms with van der Waals surface area (Å²) in [5.74, 6) is 0.306. The molecule has 0 atom stereocenters. The fourth-order valence-electron chi connectivity index (χ4n) is 2.44. The van der Waals surface area contributed by atoms with Crippen LogP contribution >= 0.6 is 0 Å². The lowest BCUT2D eigenvalue weighted by molar-refractivity contribution is 0.475. The van der Waals surface area contributed by atoms with Crippen LogP contribution < -0.4 is 11.4 Å². The van der Waals surface area contributed by atoms with Gasteiger partial charge in [-0.2, -0.15) is 4.68 Å². The van der Waals surface area contributed by atoms with Crippen LogP contribution in [0.5, 0.6) is 5.75 Å². The third kappa shape index (κ3) is 1.65. The summed E-state index contributed by atoms with van der Waals surface area (Å²) >= 11 is 0. The molecular weight excluding hydrogens is 282 g/mol. The summed E-state index contributed by atoms with van der Waals surface area (Å²) in [5, 5.41) is 13.6. The van der Waals surface area contributed by atoms with Crippen molar-refractivity contribution >= 4 is 22.5 Å². The zero-order chi connectivity index (χ0) is 15.3. The van der Waals surface area contributed by atoms with Gasteiger partial charge < -0.3 is 10.8 Å². The largest absolute Gasteiger partial charge is 0.508 e. The smallest absolute Gasteiger partial charge is 0.355 e. The van der Waals surface area contributed by atoms with Crippen molar-refractivity contribution in [1.29, 1.82) is 0 Å². The summed E-state index contributed by atoms with van der Waals surface area (Å²) in [5.41, 5.74) is 7.68. The number of hydrogen-bond acceptors (Lipinski definition) is 5. The molecule has 0 saturated heterocycles. The Morgan fingerprint density at radius 1 is 1.05 bits per heavy atom. The second-order valence-electron chi connectivity index (χ2n) is 4.86. The average Bonchev–Trinajstić information content (AvgIpc) is 2.87. The molecule has 0 radical (unpaired) electrons. The molecule has 0 amide bonds. The summed E-state index contributed by atoms with van der Waals surface area (Å²) in [6, 6.07) is 13.4. The maximum absolute atomic E-state index is 12.7. The average molecular weight is 293 g/mol. The van der Waals surface area contributed by atoms with E-state index in [1.807, 2.05) is 12.1 Å². The van der Waals surface area contributed by atoms with Gasteiger partial charge in [-0.1, -0.05) is 12.1 Å². The first-order valence-corrected chi connectivity index (χ1v) is 6.60. The Hall–Kier alpha value is -3.35. The Morgan fingerprint density at radius 3 is 2.55 bits per heavy atom. The van der Waals surface area contributed by atoms with Crippen molar-refractivity contribution in [3.8, 4) is 11.4 Å². The van der Waals surface area contributed by atoms with Gasteiger partial charge in [-0.15, -0.1) is 5.10 Å². The number of hydrogen-bond donors (Lipinski definition) is 2. The number of aromatic nitrogens is 4. The molecule has 0 bridgehead atoms. The molecule has 4 aromatic rings. The number of nitrogen functional groups attached to an aromatic ring is 1. The van der Waals surface area contributed by atoms with Gasteiger partial charge in [-0.05, 0) is 36.4 Å². The molecule has 22 heavy (non-hydrogen) atoms. The van der Waals surface area contributed by atoms with E-state index in [4.69, 9.17) is 5.73 Å². The van der Waals surface area contributed by atoms with E-state index in [2.05, 4.69) is 10.1 Å². The van der Waals surface area contributed by atoms with Crippen molar-refractivity contribution in [1.82, 2.24) is 19.2 Å². The summed E-state index contributed by atoms with van der Waals surface area (Å²) in [6.07, 6.45) is 0. The van der Waals surface area contributed by atoms with Gasteiger partial charge in [-0.25, -0.2) is 14.2 Å². The van der Waals surface area contributed by atoms with Crippen molar-refractivity contribution < 1.29 is 5.11 Å². The van der Waals surface area contributed by atoms with E-state index in [9.17, 15) is 9.90 Å². The summed E-state index contributed by atoms with van der Waals surface area (Å²) in [6.45, 7) is 0. The van der Waals surface area contributed by atoms with Crippen molar-refractivity contribution in [3.63, 3.8) is 0 Å². The minimum atomic E-state index is -0.342. The van der Waals surface area contributed by atoms with Crippen LogP contribution in [0.2, 0.25) is 0 Å². The first-order valence-electron chi connectivity index (χ1n) is 6.60. The van der Waals surface area contributed by atoms with Crippen molar-refractivity contribution in [2.45, 2.75) is 0 Å². The number of phenols is 1. The van der Waals surface area contributed by atoms with E-state index < -0.39 is 0 Å². The first-order chi connectivity index (χ1) is 10.6. The van der Waals surface area contributed by atoms with Crippen molar-refractivity contribution in [2.24, 2.45) is 0 Å². The Morgan fingerprint density at radius 2 is 1.77 bits per heavy atom. The van der Waals surface area contributed by atoms with Gasteiger partial charge in [0, 0.05) is 0 Å². The molecule has 108 valence electrons. The molecule has 2 heterocycles. The normalized spacial score (nSPS) is 11.3. The minimum Gasteiger partial charge on any atom is -0.508 e. The molecule has 0 aliphatic heterocycles. The third-order valence-electron chi connectivity index (χ3n) is 3.47. The van der Waals surface area contributed by atoms with E-state index in [0.717, 1.165) is 0 Å². The second-order valence-corrected chi connectivity index (χ2v) is 4.86. The number of nitrogens with two attached hydrogens (primary N) is 1. The highest BCUT2D eigenvalue weighted by Gasteiger charge is 2.15. The quantitative estimate of drug-likeness (QED) is 0.551. The van der Waals surface area contributed by atoms with E-state index in [-0.39, 0.29) is 17.3 Å². The zero-order valence-electron chi connectivity index (χ0n) is 11.3. The molecular formula is C15H11N5O2. The van der Waals surface area contributed by atoms with Crippen molar-refractivity contribution in [2.75, 3.05) is 5.73 Å². The van der Waals surface area contributed by atoms with Gasteiger partial charge in [0.25, 0.3) is 0 Å². The lowest BCUT2D eigenvalue weighted by Gasteiger charge is -2.01. The maximum Gasteiger partial charge on any atom is 0.355 e. The standard InChI is InChI=1S/C15H11N5O2/c16-13-14-18-20(9-5-7-10(21)8-6-9)15(22)19(14)12-4-2-1-3-11(12)17-13/h1-8,21H,(H2,16,17). The number of anilines is 1. The predicted octanol–water partition coefficient (Wildman–Crippen LogP) is 1.32. The Bertz CT molecular complexity index is 1060. The van der Waals surface area contributed by atoms with Gasteiger partial charge in [0.2, 0.25) is 5.65 Å². The molecule has 4 rings (SSSR count). The lowest BCUT2D eigenvalue weighted by Crippen LogP contribution is -2.20. The Balaban J connectivity index is 2.13. The first kappa shape index (κ1) is 12.4. The van der Waals surface area contributed by atoms with Gasteiger partial charge in [0.1, 0.15) is 5.75 Å². The molecule has 7 nitrogen and oxygen atoms in total. The monoisotopic (exact) mass is 293 g/mol. The predicted molar refractivity (Wildman–Crippen MR) is 82.2 cm³/mol. The molecule has 0 fully saturated rings. The highest BCUT2D eigenvalue weighted by Crippen LogP contribution is 2.18. The van der Waals surface area contributed by atoms with Crippen LogP contribution in [0.15, 0.2) is 53.3 Å².